The molecule has 0 aromatic heterocycles. The van der Waals surface area contributed by atoms with Crippen molar-refractivity contribution in [2.24, 2.45) is 5.41 Å². The number of carboxylic acid groups (broad SMARTS) is 1. The first-order valence-corrected chi connectivity index (χ1v) is 7.34. The fraction of sp³-hybridized carbons (Fsp3) is 0.500. The van der Waals surface area contributed by atoms with E-state index in [-0.39, 0.29) is 12.5 Å². The number of amides is 1. The molecule has 0 radical (unpaired) electrons. The molecule has 1 fully saturated rings. The van der Waals surface area contributed by atoms with Gasteiger partial charge in [-0.1, -0.05) is 0 Å². The van der Waals surface area contributed by atoms with E-state index in [1.165, 1.54) is 14.2 Å². The SMILES string of the molecule is COc1ccc(C(=O)NCC2(C(=O)O)CCOCC2)c(OC)c1. The number of rotatable bonds is 6. The maximum absolute atomic E-state index is 12.4. The number of hydrogen-bond acceptors (Lipinski definition) is 5. The minimum Gasteiger partial charge on any atom is -0.497 e. The zero-order valence-electron chi connectivity index (χ0n) is 13.3. The van der Waals surface area contributed by atoms with Gasteiger partial charge in [0.15, 0.2) is 0 Å². The molecule has 0 atom stereocenters. The molecule has 1 heterocycles. The smallest absolute Gasteiger partial charge is 0.311 e. The van der Waals surface area contributed by atoms with Crippen molar-refractivity contribution in [1.29, 1.82) is 0 Å². The van der Waals surface area contributed by atoms with Crippen LogP contribution in [0.4, 0.5) is 0 Å². The molecule has 1 aliphatic rings. The zero-order chi connectivity index (χ0) is 16.9. The van der Waals surface area contributed by atoms with E-state index in [4.69, 9.17) is 14.2 Å². The number of aliphatic carboxylic acids is 1. The second-order valence-corrected chi connectivity index (χ2v) is 5.45. The summed E-state index contributed by atoms with van der Waals surface area (Å²) in [6.45, 7) is 0.821. The Kier molecular flexibility index (Phi) is 5.44. The lowest BCUT2D eigenvalue weighted by Gasteiger charge is -2.33. The Morgan fingerprint density at radius 2 is 1.96 bits per heavy atom. The van der Waals surface area contributed by atoms with Crippen LogP contribution in [-0.2, 0) is 9.53 Å². The van der Waals surface area contributed by atoms with Gasteiger partial charge in [-0.15, -0.1) is 0 Å². The third kappa shape index (κ3) is 3.73. The summed E-state index contributed by atoms with van der Waals surface area (Å²) in [5, 5.41) is 12.2. The van der Waals surface area contributed by atoms with Crippen LogP contribution in [0, 0.1) is 5.41 Å². The number of ether oxygens (including phenoxy) is 3. The van der Waals surface area contributed by atoms with E-state index in [0.717, 1.165) is 0 Å². The van der Waals surface area contributed by atoms with Gasteiger partial charge in [0.05, 0.1) is 25.2 Å². The van der Waals surface area contributed by atoms with Crippen molar-refractivity contribution in [3.05, 3.63) is 23.8 Å². The van der Waals surface area contributed by atoms with Crippen LogP contribution in [0.5, 0.6) is 11.5 Å². The molecule has 0 saturated carbocycles. The average Bonchev–Trinajstić information content (AvgIpc) is 2.59. The highest BCUT2D eigenvalue weighted by molar-refractivity contribution is 5.97. The topological polar surface area (TPSA) is 94.1 Å². The first kappa shape index (κ1) is 17.1. The van der Waals surface area contributed by atoms with Crippen molar-refractivity contribution in [1.82, 2.24) is 5.32 Å². The third-order valence-corrected chi connectivity index (χ3v) is 4.14. The number of nitrogens with one attached hydrogen (secondary N) is 1. The van der Waals surface area contributed by atoms with Crippen LogP contribution in [0.3, 0.4) is 0 Å². The van der Waals surface area contributed by atoms with Crippen LogP contribution in [-0.4, -0.2) is 51.0 Å². The molecule has 1 amide bonds. The summed E-state index contributed by atoms with van der Waals surface area (Å²) in [5.41, 5.74) is -0.644. The lowest BCUT2D eigenvalue weighted by Crippen LogP contribution is -2.46. The van der Waals surface area contributed by atoms with Gasteiger partial charge in [-0.2, -0.15) is 0 Å². The van der Waals surface area contributed by atoms with Crippen molar-refractivity contribution in [2.45, 2.75) is 12.8 Å². The summed E-state index contributed by atoms with van der Waals surface area (Å²) in [4.78, 5) is 24.0. The Bertz CT molecular complexity index is 580. The van der Waals surface area contributed by atoms with Gasteiger partial charge in [-0.05, 0) is 25.0 Å². The van der Waals surface area contributed by atoms with E-state index >= 15 is 0 Å². The Balaban J connectivity index is 2.11. The summed E-state index contributed by atoms with van der Waals surface area (Å²) >= 11 is 0. The summed E-state index contributed by atoms with van der Waals surface area (Å²) in [5.74, 6) is -0.345. The molecular weight excluding hydrogens is 302 g/mol. The minimum atomic E-state index is -0.979. The Morgan fingerprint density at radius 1 is 1.26 bits per heavy atom. The normalized spacial score (nSPS) is 16.4. The van der Waals surface area contributed by atoms with Crippen LogP contribution < -0.4 is 14.8 Å². The molecule has 0 spiro atoms. The molecule has 1 aromatic rings. The van der Waals surface area contributed by atoms with E-state index in [0.29, 0.717) is 43.1 Å². The number of methoxy groups -OCH3 is 2. The Morgan fingerprint density at radius 3 is 2.52 bits per heavy atom. The van der Waals surface area contributed by atoms with Gasteiger partial charge in [0, 0.05) is 25.8 Å². The lowest BCUT2D eigenvalue weighted by molar-refractivity contribution is -0.154. The largest absolute Gasteiger partial charge is 0.497 e. The Hall–Kier alpha value is -2.28. The van der Waals surface area contributed by atoms with E-state index < -0.39 is 11.4 Å². The van der Waals surface area contributed by atoms with Crippen molar-refractivity contribution in [3.63, 3.8) is 0 Å². The summed E-state index contributed by atoms with van der Waals surface area (Å²) < 4.78 is 15.5. The number of carbonyl (C=O) groups is 2. The summed E-state index contributed by atoms with van der Waals surface area (Å²) in [6.07, 6.45) is 0.755. The summed E-state index contributed by atoms with van der Waals surface area (Å²) in [6, 6.07) is 4.85. The van der Waals surface area contributed by atoms with Crippen molar-refractivity contribution >= 4 is 11.9 Å². The highest BCUT2D eigenvalue weighted by Gasteiger charge is 2.40. The van der Waals surface area contributed by atoms with Gasteiger partial charge in [-0.25, -0.2) is 0 Å². The van der Waals surface area contributed by atoms with Crippen LogP contribution in [0.1, 0.15) is 23.2 Å². The highest BCUT2D eigenvalue weighted by Crippen LogP contribution is 2.30. The van der Waals surface area contributed by atoms with Crippen molar-refractivity contribution in [2.75, 3.05) is 34.0 Å². The van der Waals surface area contributed by atoms with Gasteiger partial charge in [0.1, 0.15) is 11.5 Å². The number of benzene rings is 1. The maximum atomic E-state index is 12.4. The molecule has 7 heteroatoms. The first-order valence-electron chi connectivity index (χ1n) is 7.34. The van der Waals surface area contributed by atoms with Crippen molar-refractivity contribution < 1.29 is 28.9 Å². The quantitative estimate of drug-likeness (QED) is 0.820. The van der Waals surface area contributed by atoms with Gasteiger partial charge < -0.3 is 24.6 Å². The highest BCUT2D eigenvalue weighted by atomic mass is 16.5. The molecule has 1 aromatic carbocycles. The van der Waals surface area contributed by atoms with E-state index in [1.54, 1.807) is 18.2 Å². The van der Waals surface area contributed by atoms with Crippen LogP contribution >= 0.6 is 0 Å². The van der Waals surface area contributed by atoms with Gasteiger partial charge >= 0.3 is 5.97 Å². The monoisotopic (exact) mass is 323 g/mol. The standard InChI is InChI=1S/C16H21NO6/c1-21-11-3-4-12(13(9-11)22-2)14(18)17-10-16(15(19)20)5-7-23-8-6-16/h3-4,9H,5-8,10H2,1-2H3,(H,17,18)(H,19,20). The van der Waals surface area contributed by atoms with Gasteiger partial charge in [0.25, 0.3) is 5.91 Å². The maximum Gasteiger partial charge on any atom is 0.311 e. The first-order chi connectivity index (χ1) is 11.0. The zero-order valence-corrected chi connectivity index (χ0v) is 13.3. The second kappa shape index (κ2) is 7.32. The average molecular weight is 323 g/mol. The molecule has 1 aliphatic heterocycles. The van der Waals surface area contributed by atoms with E-state index in [2.05, 4.69) is 5.32 Å². The molecule has 0 aliphatic carbocycles. The molecule has 7 nitrogen and oxygen atoms in total. The number of carboxylic acids is 1. The Labute approximate surface area is 134 Å². The second-order valence-electron chi connectivity index (χ2n) is 5.45. The predicted octanol–water partition coefficient (Wildman–Crippen LogP) is 1.31. The number of carbonyl (C=O) groups excluding carboxylic acids is 1. The van der Waals surface area contributed by atoms with Gasteiger partial charge in [0.2, 0.25) is 0 Å². The summed E-state index contributed by atoms with van der Waals surface area (Å²) in [7, 11) is 2.99. The van der Waals surface area contributed by atoms with Crippen LogP contribution in [0.15, 0.2) is 18.2 Å². The molecule has 126 valence electrons. The van der Waals surface area contributed by atoms with E-state index in [9.17, 15) is 14.7 Å². The molecule has 0 bridgehead atoms. The lowest BCUT2D eigenvalue weighted by atomic mass is 9.80. The van der Waals surface area contributed by atoms with Crippen LogP contribution in [0.25, 0.3) is 0 Å². The molecule has 0 unspecified atom stereocenters. The van der Waals surface area contributed by atoms with Crippen LogP contribution in [0.2, 0.25) is 0 Å². The molecular formula is C16H21NO6. The fourth-order valence-corrected chi connectivity index (χ4v) is 2.56. The van der Waals surface area contributed by atoms with Gasteiger partial charge in [-0.3, -0.25) is 9.59 Å². The molecule has 1 saturated heterocycles. The third-order valence-electron chi connectivity index (χ3n) is 4.14. The predicted molar refractivity (Wildman–Crippen MR) is 82.0 cm³/mol. The molecule has 2 rings (SSSR count). The van der Waals surface area contributed by atoms with E-state index in [1.807, 2.05) is 0 Å². The number of hydrogen-bond donors (Lipinski definition) is 2. The molecule has 2 N–H and O–H groups in total. The van der Waals surface area contributed by atoms with Crippen molar-refractivity contribution in [3.8, 4) is 11.5 Å². The minimum absolute atomic E-state index is 0.0553. The fourth-order valence-electron chi connectivity index (χ4n) is 2.56. The molecule has 23 heavy (non-hydrogen) atoms.